The van der Waals surface area contributed by atoms with E-state index in [1.807, 2.05) is 19.1 Å². The van der Waals surface area contributed by atoms with Crippen molar-refractivity contribution in [1.82, 2.24) is 15.0 Å². The van der Waals surface area contributed by atoms with Crippen LogP contribution in [0.4, 0.5) is 5.82 Å². The first-order valence-electron chi connectivity index (χ1n) is 6.07. The summed E-state index contributed by atoms with van der Waals surface area (Å²) in [6.45, 7) is 8.52. The highest BCUT2D eigenvalue weighted by Crippen LogP contribution is 2.32. The quantitative estimate of drug-likeness (QED) is 0.801. The number of hydrogen-bond acceptors (Lipinski definition) is 4. The molecule has 0 saturated carbocycles. The fraction of sp³-hybridized carbons (Fsp3) is 0.462. The second-order valence-electron chi connectivity index (χ2n) is 5.71. The summed E-state index contributed by atoms with van der Waals surface area (Å²) in [6.07, 6.45) is 0. The molecule has 0 unspecified atom stereocenters. The van der Waals surface area contributed by atoms with Gasteiger partial charge in [-0.05, 0) is 24.5 Å². The Morgan fingerprint density at radius 1 is 1.28 bits per heavy atom. The van der Waals surface area contributed by atoms with E-state index in [9.17, 15) is 0 Å². The Bertz CT molecular complexity index is 666. The Balaban J connectivity index is 2.04. The van der Waals surface area contributed by atoms with Gasteiger partial charge in [-0.2, -0.15) is 0 Å². The summed E-state index contributed by atoms with van der Waals surface area (Å²) in [5.74, 6) is 1.82. The summed E-state index contributed by atoms with van der Waals surface area (Å²) in [6, 6.07) is 4.08. The SMILES string of the molecule is Cc1nc(=S)c2nc(N3CC(C)(C)C3)ccc2[nH]1. The minimum atomic E-state index is 0.394. The van der Waals surface area contributed by atoms with E-state index in [2.05, 4.69) is 33.7 Å². The zero-order chi connectivity index (χ0) is 12.9. The molecule has 0 aromatic carbocycles. The van der Waals surface area contributed by atoms with Crippen molar-refractivity contribution >= 4 is 29.1 Å². The summed E-state index contributed by atoms with van der Waals surface area (Å²) >= 11 is 5.27. The normalized spacial score (nSPS) is 17.8. The van der Waals surface area contributed by atoms with Gasteiger partial charge in [0, 0.05) is 13.1 Å². The molecule has 18 heavy (non-hydrogen) atoms. The minimum absolute atomic E-state index is 0.394. The number of anilines is 1. The van der Waals surface area contributed by atoms with Crippen LogP contribution in [-0.4, -0.2) is 28.0 Å². The number of nitrogens with one attached hydrogen (secondary N) is 1. The van der Waals surface area contributed by atoms with Gasteiger partial charge in [0.05, 0.1) is 5.52 Å². The molecule has 1 aliphatic heterocycles. The molecule has 2 aromatic rings. The Morgan fingerprint density at radius 3 is 2.67 bits per heavy atom. The molecule has 3 heterocycles. The van der Waals surface area contributed by atoms with Crippen LogP contribution < -0.4 is 4.90 Å². The van der Waals surface area contributed by atoms with Crippen LogP contribution in [0.2, 0.25) is 0 Å². The van der Waals surface area contributed by atoms with Crippen molar-refractivity contribution in [3.8, 4) is 0 Å². The summed E-state index contributed by atoms with van der Waals surface area (Å²) in [4.78, 5) is 14.3. The number of aromatic amines is 1. The molecule has 0 bridgehead atoms. The van der Waals surface area contributed by atoms with Gasteiger partial charge in [0.15, 0.2) is 4.64 Å². The maximum absolute atomic E-state index is 5.27. The first-order chi connectivity index (χ1) is 8.44. The Labute approximate surface area is 111 Å². The number of hydrogen-bond donors (Lipinski definition) is 1. The molecule has 94 valence electrons. The molecule has 0 atom stereocenters. The summed E-state index contributed by atoms with van der Waals surface area (Å²) in [7, 11) is 0. The van der Waals surface area contributed by atoms with Crippen LogP contribution in [0.5, 0.6) is 0 Å². The van der Waals surface area contributed by atoms with E-state index in [0.29, 0.717) is 10.1 Å². The summed E-state index contributed by atoms with van der Waals surface area (Å²) < 4.78 is 0.572. The number of fused-ring (bicyclic) bond motifs is 1. The predicted molar refractivity (Wildman–Crippen MR) is 75.5 cm³/mol. The standard InChI is InChI=1S/C13H16N4S/c1-8-14-9-4-5-10(16-11(9)12(18)15-8)17-6-13(2,3)7-17/h4-5H,6-7H2,1-3H3,(H,14,15,18). The lowest BCUT2D eigenvalue weighted by Crippen LogP contribution is -2.53. The number of aromatic nitrogens is 3. The van der Waals surface area contributed by atoms with Gasteiger partial charge < -0.3 is 9.88 Å². The largest absolute Gasteiger partial charge is 0.355 e. The molecule has 0 aliphatic carbocycles. The van der Waals surface area contributed by atoms with E-state index < -0.39 is 0 Å². The smallest absolute Gasteiger partial charge is 0.156 e. The van der Waals surface area contributed by atoms with Crippen molar-refractivity contribution in [2.75, 3.05) is 18.0 Å². The number of aryl methyl sites for hydroxylation is 1. The lowest BCUT2D eigenvalue weighted by Gasteiger charge is -2.46. The number of nitrogens with zero attached hydrogens (tertiary/aromatic N) is 3. The molecule has 0 radical (unpaired) electrons. The number of rotatable bonds is 1. The molecule has 1 aliphatic rings. The average Bonchev–Trinajstić information content (AvgIpc) is 2.25. The summed E-state index contributed by atoms with van der Waals surface area (Å²) in [5.41, 5.74) is 2.14. The monoisotopic (exact) mass is 260 g/mol. The lowest BCUT2D eigenvalue weighted by atomic mass is 9.84. The molecule has 0 spiro atoms. The van der Waals surface area contributed by atoms with Crippen LogP contribution in [0.1, 0.15) is 19.7 Å². The van der Waals surface area contributed by atoms with E-state index in [4.69, 9.17) is 12.2 Å². The highest BCUT2D eigenvalue weighted by atomic mass is 32.1. The van der Waals surface area contributed by atoms with Gasteiger partial charge in [-0.15, -0.1) is 0 Å². The fourth-order valence-corrected chi connectivity index (χ4v) is 2.76. The fourth-order valence-electron chi connectivity index (χ4n) is 2.47. The molecule has 1 fully saturated rings. The third-order valence-electron chi connectivity index (χ3n) is 3.23. The highest BCUT2D eigenvalue weighted by Gasteiger charge is 2.34. The minimum Gasteiger partial charge on any atom is -0.355 e. The van der Waals surface area contributed by atoms with Crippen LogP contribution in [0.15, 0.2) is 12.1 Å². The molecule has 3 rings (SSSR count). The maximum atomic E-state index is 5.27. The van der Waals surface area contributed by atoms with Gasteiger partial charge in [0.2, 0.25) is 0 Å². The molecule has 1 N–H and O–H groups in total. The third kappa shape index (κ3) is 1.88. The van der Waals surface area contributed by atoms with Crippen LogP contribution >= 0.6 is 12.2 Å². The number of pyridine rings is 1. The second kappa shape index (κ2) is 3.75. The molecule has 0 amide bonds. The molecular formula is C13H16N4S. The van der Waals surface area contributed by atoms with Gasteiger partial charge >= 0.3 is 0 Å². The number of H-pyrrole nitrogens is 1. The lowest BCUT2D eigenvalue weighted by molar-refractivity contribution is 0.275. The molecule has 2 aromatic heterocycles. The first kappa shape index (κ1) is 11.6. The van der Waals surface area contributed by atoms with Crippen molar-refractivity contribution in [3.63, 3.8) is 0 Å². The topological polar surface area (TPSA) is 44.8 Å². The van der Waals surface area contributed by atoms with Crippen molar-refractivity contribution < 1.29 is 0 Å². The Hall–Kier alpha value is -1.49. The van der Waals surface area contributed by atoms with Crippen LogP contribution in [0, 0.1) is 17.0 Å². The van der Waals surface area contributed by atoms with E-state index in [0.717, 1.165) is 35.8 Å². The van der Waals surface area contributed by atoms with Crippen LogP contribution in [-0.2, 0) is 0 Å². The Morgan fingerprint density at radius 2 is 2.00 bits per heavy atom. The van der Waals surface area contributed by atoms with Gasteiger partial charge in [-0.1, -0.05) is 26.1 Å². The Kier molecular flexibility index (Phi) is 2.41. The average molecular weight is 260 g/mol. The van der Waals surface area contributed by atoms with Gasteiger partial charge in [-0.3, -0.25) is 0 Å². The van der Waals surface area contributed by atoms with Gasteiger partial charge in [-0.25, -0.2) is 9.97 Å². The third-order valence-corrected chi connectivity index (χ3v) is 3.51. The van der Waals surface area contributed by atoms with Gasteiger partial charge in [0.1, 0.15) is 17.2 Å². The second-order valence-corrected chi connectivity index (χ2v) is 6.10. The van der Waals surface area contributed by atoms with Crippen LogP contribution in [0.3, 0.4) is 0 Å². The molecule has 4 nitrogen and oxygen atoms in total. The van der Waals surface area contributed by atoms with Gasteiger partial charge in [0.25, 0.3) is 0 Å². The molecule has 5 heteroatoms. The van der Waals surface area contributed by atoms with Crippen molar-refractivity contribution in [3.05, 3.63) is 22.6 Å². The van der Waals surface area contributed by atoms with Crippen molar-refractivity contribution in [2.45, 2.75) is 20.8 Å². The molecular weight excluding hydrogens is 244 g/mol. The molecule has 1 saturated heterocycles. The predicted octanol–water partition coefficient (Wildman–Crippen LogP) is 2.84. The van der Waals surface area contributed by atoms with Crippen LogP contribution in [0.25, 0.3) is 11.0 Å². The highest BCUT2D eigenvalue weighted by molar-refractivity contribution is 7.71. The van der Waals surface area contributed by atoms with E-state index in [1.54, 1.807) is 0 Å². The van der Waals surface area contributed by atoms with Crippen molar-refractivity contribution in [2.24, 2.45) is 5.41 Å². The van der Waals surface area contributed by atoms with E-state index >= 15 is 0 Å². The zero-order valence-electron chi connectivity index (χ0n) is 10.8. The summed E-state index contributed by atoms with van der Waals surface area (Å²) in [5, 5.41) is 0. The van der Waals surface area contributed by atoms with E-state index in [1.165, 1.54) is 0 Å². The first-order valence-corrected chi connectivity index (χ1v) is 6.48. The van der Waals surface area contributed by atoms with Crippen molar-refractivity contribution in [1.29, 1.82) is 0 Å². The zero-order valence-corrected chi connectivity index (χ0v) is 11.6. The van der Waals surface area contributed by atoms with E-state index in [-0.39, 0.29) is 0 Å². The maximum Gasteiger partial charge on any atom is 0.156 e.